The summed E-state index contributed by atoms with van der Waals surface area (Å²) in [5.41, 5.74) is 1.87. The second kappa shape index (κ2) is 4.81. The van der Waals surface area contributed by atoms with E-state index < -0.39 is 6.92 Å². The summed E-state index contributed by atoms with van der Waals surface area (Å²) in [7, 11) is 0. The average Bonchev–Trinajstić information content (AvgIpc) is 2.58. The highest BCUT2D eigenvalue weighted by atomic mass is 16.2. The van der Waals surface area contributed by atoms with Crippen molar-refractivity contribution in [3.63, 3.8) is 0 Å². The number of hydrogen-bond acceptors (Lipinski definition) is 1. The molecule has 2 rings (SSSR count). The topological polar surface area (TPSA) is 20.2 Å². The van der Waals surface area contributed by atoms with Crippen molar-refractivity contribution in [3.8, 4) is 0 Å². The van der Waals surface area contributed by atoms with Crippen molar-refractivity contribution in [1.82, 2.24) is 0 Å². The van der Waals surface area contributed by atoms with E-state index in [1.165, 1.54) is 0 Å². The number of benzene rings is 1. The minimum absolute atomic E-state index is 0.523. The maximum Gasteiger partial charge on any atom is 0.358 e. The van der Waals surface area contributed by atoms with Gasteiger partial charge in [0.1, 0.15) is 0 Å². The number of allylic oxidation sites excluding steroid dienone is 6. The van der Waals surface area contributed by atoms with E-state index in [9.17, 15) is 5.02 Å². The van der Waals surface area contributed by atoms with Gasteiger partial charge in [0.05, 0.1) is 0 Å². The van der Waals surface area contributed by atoms with Crippen LogP contribution in [0.3, 0.4) is 0 Å². The zero-order valence-electron chi connectivity index (χ0n) is 8.51. The molecule has 1 aromatic rings. The molecule has 1 N–H and O–H groups in total. The molecule has 0 amide bonds. The van der Waals surface area contributed by atoms with Crippen molar-refractivity contribution in [3.05, 3.63) is 66.2 Å². The molecule has 0 saturated heterocycles. The summed E-state index contributed by atoms with van der Waals surface area (Å²) in [4.78, 5) is 0. The molecule has 0 bridgehead atoms. The van der Waals surface area contributed by atoms with Crippen molar-refractivity contribution in [2.24, 2.45) is 0 Å². The smallest absolute Gasteiger partial charge is 0.358 e. The van der Waals surface area contributed by atoms with Gasteiger partial charge in [0, 0.05) is 0 Å². The summed E-state index contributed by atoms with van der Waals surface area (Å²) < 4.78 is 0. The van der Waals surface area contributed by atoms with Crippen molar-refractivity contribution in [2.45, 2.75) is 6.42 Å². The van der Waals surface area contributed by atoms with E-state index in [-0.39, 0.29) is 0 Å². The van der Waals surface area contributed by atoms with Crippen LogP contribution in [0.1, 0.15) is 6.42 Å². The first kappa shape index (κ1) is 10.00. The van der Waals surface area contributed by atoms with Gasteiger partial charge >= 0.3 is 6.92 Å². The van der Waals surface area contributed by atoms with Gasteiger partial charge in [0.15, 0.2) is 0 Å². The molecule has 0 heterocycles. The summed E-state index contributed by atoms with van der Waals surface area (Å²) in [6, 6.07) is 9.71. The molecule has 0 radical (unpaired) electrons. The molecule has 0 atom stereocenters. The molecule has 0 saturated carbocycles. The molecule has 15 heavy (non-hydrogen) atoms. The van der Waals surface area contributed by atoms with Gasteiger partial charge in [-0.3, -0.25) is 0 Å². The molecule has 1 aliphatic rings. The third-order valence-electron chi connectivity index (χ3n) is 2.44. The normalized spacial score (nSPS) is 14.6. The van der Waals surface area contributed by atoms with E-state index in [1.807, 2.05) is 48.6 Å². The Labute approximate surface area is 90.6 Å². The summed E-state index contributed by atoms with van der Waals surface area (Å²) in [5.74, 6) is 0. The minimum atomic E-state index is -0.523. The summed E-state index contributed by atoms with van der Waals surface area (Å²) in [5, 5.41) is 10.1. The van der Waals surface area contributed by atoms with Gasteiger partial charge in [-0.1, -0.05) is 60.7 Å². The third-order valence-corrected chi connectivity index (χ3v) is 2.44. The third kappa shape index (κ3) is 2.48. The van der Waals surface area contributed by atoms with Gasteiger partial charge < -0.3 is 5.02 Å². The lowest BCUT2D eigenvalue weighted by Crippen LogP contribution is -2.31. The van der Waals surface area contributed by atoms with E-state index in [0.29, 0.717) is 0 Å². The number of rotatable bonds is 2. The maximum absolute atomic E-state index is 10.1. The lowest BCUT2D eigenvalue weighted by Gasteiger charge is -2.06. The summed E-state index contributed by atoms with van der Waals surface area (Å²) >= 11 is 0. The van der Waals surface area contributed by atoms with E-state index in [4.69, 9.17) is 0 Å². The molecule has 0 spiro atoms. The highest BCUT2D eigenvalue weighted by Crippen LogP contribution is 2.07. The first-order valence-corrected chi connectivity index (χ1v) is 5.14. The van der Waals surface area contributed by atoms with Crippen LogP contribution in [0.2, 0.25) is 0 Å². The summed E-state index contributed by atoms with van der Waals surface area (Å²) in [6.07, 6.45) is 11.0. The van der Waals surface area contributed by atoms with Crippen molar-refractivity contribution >= 4 is 12.4 Å². The fourth-order valence-corrected chi connectivity index (χ4v) is 1.61. The van der Waals surface area contributed by atoms with E-state index in [0.717, 1.165) is 17.4 Å². The molecule has 0 aliphatic heterocycles. The quantitative estimate of drug-likeness (QED) is 0.715. The molecular weight excluding hydrogens is 183 g/mol. The Balaban J connectivity index is 2.24. The predicted molar refractivity (Wildman–Crippen MR) is 65.0 cm³/mol. The monoisotopic (exact) mass is 196 g/mol. The standard InChI is InChI=1S/C13H13BO/c15-14(13-10-6-3-7-11-13)12-8-4-1-2-5-9-12/h1,3-11,15H,2H2. The van der Waals surface area contributed by atoms with E-state index in [1.54, 1.807) is 0 Å². The van der Waals surface area contributed by atoms with Gasteiger partial charge in [0.2, 0.25) is 0 Å². The molecule has 2 heteroatoms. The number of hydrogen-bond donors (Lipinski definition) is 1. The Morgan fingerprint density at radius 3 is 2.67 bits per heavy atom. The van der Waals surface area contributed by atoms with Crippen molar-refractivity contribution in [2.75, 3.05) is 0 Å². The molecule has 1 nitrogen and oxygen atoms in total. The van der Waals surface area contributed by atoms with Crippen LogP contribution in [0, 0.1) is 0 Å². The van der Waals surface area contributed by atoms with Crippen LogP contribution in [-0.4, -0.2) is 11.9 Å². The lowest BCUT2D eigenvalue weighted by molar-refractivity contribution is 0.596. The van der Waals surface area contributed by atoms with E-state index in [2.05, 4.69) is 12.2 Å². The van der Waals surface area contributed by atoms with Crippen LogP contribution in [0.5, 0.6) is 0 Å². The second-order valence-electron chi connectivity index (χ2n) is 3.55. The predicted octanol–water partition coefficient (Wildman–Crippen LogP) is 1.86. The first-order valence-electron chi connectivity index (χ1n) is 5.14. The molecular formula is C13H13BO. The Morgan fingerprint density at radius 1 is 1.07 bits per heavy atom. The Morgan fingerprint density at radius 2 is 1.87 bits per heavy atom. The second-order valence-corrected chi connectivity index (χ2v) is 3.55. The highest BCUT2D eigenvalue weighted by Gasteiger charge is 2.16. The zero-order chi connectivity index (χ0) is 10.5. The SMILES string of the molecule is OB(C1=CC=CCC=C1)c1ccccc1. The van der Waals surface area contributed by atoms with Crippen LogP contribution in [0.15, 0.2) is 66.2 Å². The maximum atomic E-state index is 10.1. The highest BCUT2D eigenvalue weighted by molar-refractivity contribution is 6.73. The average molecular weight is 196 g/mol. The lowest BCUT2D eigenvalue weighted by atomic mass is 9.55. The van der Waals surface area contributed by atoms with Crippen LogP contribution < -0.4 is 5.46 Å². The first-order chi connectivity index (χ1) is 7.38. The van der Waals surface area contributed by atoms with Crippen molar-refractivity contribution in [1.29, 1.82) is 0 Å². The van der Waals surface area contributed by atoms with E-state index >= 15 is 0 Å². The molecule has 1 aromatic carbocycles. The van der Waals surface area contributed by atoms with Gasteiger partial charge in [0.25, 0.3) is 0 Å². The largest absolute Gasteiger partial charge is 0.443 e. The van der Waals surface area contributed by atoms with Gasteiger partial charge in [-0.2, -0.15) is 0 Å². The molecule has 74 valence electrons. The fraction of sp³-hybridized carbons (Fsp3) is 0.0769. The fourth-order valence-electron chi connectivity index (χ4n) is 1.61. The Bertz CT molecular complexity index is 404. The van der Waals surface area contributed by atoms with Gasteiger partial charge in [-0.25, -0.2) is 0 Å². The molecule has 0 aromatic heterocycles. The molecule has 1 aliphatic carbocycles. The minimum Gasteiger partial charge on any atom is -0.443 e. The van der Waals surface area contributed by atoms with Crippen LogP contribution in [0.4, 0.5) is 0 Å². The van der Waals surface area contributed by atoms with Gasteiger partial charge in [-0.05, 0) is 17.4 Å². The Kier molecular flexibility index (Phi) is 3.20. The van der Waals surface area contributed by atoms with Gasteiger partial charge in [-0.15, -0.1) is 0 Å². The zero-order valence-corrected chi connectivity index (χ0v) is 8.51. The summed E-state index contributed by atoms with van der Waals surface area (Å²) in [6.45, 7) is -0.523. The van der Waals surface area contributed by atoms with Crippen LogP contribution in [-0.2, 0) is 0 Å². The molecule has 0 unspecified atom stereocenters. The van der Waals surface area contributed by atoms with Crippen LogP contribution >= 0.6 is 0 Å². The van der Waals surface area contributed by atoms with Crippen molar-refractivity contribution < 1.29 is 5.02 Å². The van der Waals surface area contributed by atoms with Crippen LogP contribution in [0.25, 0.3) is 0 Å². The molecule has 0 fully saturated rings. The Hall–Kier alpha value is -1.54.